The first kappa shape index (κ1) is 18.7. The first-order chi connectivity index (χ1) is 10.3. The zero-order chi connectivity index (χ0) is 16.7. The van der Waals surface area contributed by atoms with Crippen LogP contribution in [0.3, 0.4) is 0 Å². The number of hydrogen-bond donors (Lipinski definition) is 1. The Hall–Kier alpha value is -1.37. The molecule has 1 aliphatic heterocycles. The number of imide groups is 1. The number of likely N-dealkylation sites (tertiary alicyclic amines) is 1. The molecular formula is C15H26N2O4S. The molecular weight excluding hydrogens is 304 g/mol. The molecule has 0 aromatic heterocycles. The maximum Gasteiger partial charge on any atom is 0.242 e. The van der Waals surface area contributed by atoms with E-state index < -0.39 is 0 Å². The van der Waals surface area contributed by atoms with E-state index in [0.29, 0.717) is 18.7 Å². The zero-order valence-corrected chi connectivity index (χ0v) is 14.2. The molecule has 1 N–H and O–H groups in total. The summed E-state index contributed by atoms with van der Waals surface area (Å²) in [7, 11) is 0. The Labute approximate surface area is 136 Å². The van der Waals surface area contributed by atoms with Gasteiger partial charge >= 0.3 is 0 Å². The molecule has 0 radical (unpaired) electrons. The van der Waals surface area contributed by atoms with Crippen molar-refractivity contribution in [2.24, 2.45) is 5.92 Å². The number of thioether (sulfide) groups is 1. The molecule has 0 spiro atoms. The van der Waals surface area contributed by atoms with Crippen molar-refractivity contribution in [3.05, 3.63) is 0 Å². The Morgan fingerprint density at radius 1 is 1.41 bits per heavy atom. The molecule has 126 valence electrons. The summed E-state index contributed by atoms with van der Waals surface area (Å²) in [5.41, 5.74) is 0. The van der Waals surface area contributed by atoms with Gasteiger partial charge in [-0.05, 0) is 5.92 Å². The topological polar surface area (TPSA) is 83.6 Å². The van der Waals surface area contributed by atoms with Crippen LogP contribution in [0, 0.1) is 5.92 Å². The summed E-state index contributed by atoms with van der Waals surface area (Å²) in [6.07, 6.45) is 0.857. The number of nitrogens with zero attached hydrogens (tertiary/aromatic N) is 1. The fraction of sp³-hybridized carbons (Fsp3) is 0.733. The van der Waals surface area contributed by atoms with Crippen molar-refractivity contribution in [2.75, 3.05) is 18.8 Å². The molecule has 6 nitrogen and oxygen atoms in total. The maximum atomic E-state index is 12.1. The number of carbonyl (C=O) groups excluding carboxylic acids is 4. The third-order valence-corrected chi connectivity index (χ3v) is 4.49. The summed E-state index contributed by atoms with van der Waals surface area (Å²) < 4.78 is 0. The lowest BCUT2D eigenvalue weighted by atomic mass is 10.2. The van der Waals surface area contributed by atoms with Gasteiger partial charge < -0.3 is 5.32 Å². The lowest BCUT2D eigenvalue weighted by Crippen LogP contribution is -2.34. The molecule has 0 aromatic rings. The van der Waals surface area contributed by atoms with E-state index in [-0.39, 0.29) is 55.5 Å². The van der Waals surface area contributed by atoms with Gasteiger partial charge in [-0.15, -0.1) is 11.8 Å². The third kappa shape index (κ3) is 5.79. The van der Waals surface area contributed by atoms with Crippen LogP contribution in [-0.4, -0.2) is 52.5 Å². The van der Waals surface area contributed by atoms with E-state index in [2.05, 4.69) is 5.32 Å². The van der Waals surface area contributed by atoms with Gasteiger partial charge in [0.05, 0.1) is 11.8 Å². The van der Waals surface area contributed by atoms with Crippen LogP contribution in [0.1, 0.15) is 41.5 Å². The normalized spacial score (nSPS) is 18.2. The highest BCUT2D eigenvalue weighted by atomic mass is 32.2. The molecule has 1 unspecified atom stereocenters. The van der Waals surface area contributed by atoms with E-state index in [1.807, 2.05) is 13.8 Å². The van der Waals surface area contributed by atoms with Crippen molar-refractivity contribution in [3.8, 4) is 0 Å². The first-order valence-electron chi connectivity index (χ1n) is 7.59. The van der Waals surface area contributed by atoms with E-state index >= 15 is 0 Å². The predicted octanol–water partition coefficient (Wildman–Crippen LogP) is 1.23. The fourth-order valence-corrected chi connectivity index (χ4v) is 3.16. The molecule has 1 saturated heterocycles. The van der Waals surface area contributed by atoms with Crippen molar-refractivity contribution in [2.45, 2.75) is 45.3 Å². The Kier molecular flexibility index (Phi) is 7.58. The minimum atomic E-state index is -0.378. The third-order valence-electron chi connectivity index (χ3n) is 3.28. The van der Waals surface area contributed by atoms with E-state index in [0.717, 1.165) is 0 Å². The second-order valence-corrected chi connectivity index (χ2v) is 7.03. The molecule has 0 aromatic carbocycles. The second kappa shape index (κ2) is 8.92. The largest absolute Gasteiger partial charge is 0.349 e. The highest BCUT2D eigenvalue weighted by molar-refractivity contribution is 8.00. The smallest absolute Gasteiger partial charge is 0.242 e. The number of nitrogens with one attached hydrogen (secondary N) is 1. The molecule has 7 heteroatoms. The van der Waals surface area contributed by atoms with Gasteiger partial charge in [0.2, 0.25) is 17.7 Å². The van der Waals surface area contributed by atoms with Crippen LogP contribution in [-0.2, 0) is 19.2 Å². The van der Waals surface area contributed by atoms with Gasteiger partial charge in [0, 0.05) is 33.0 Å². The highest BCUT2D eigenvalue weighted by Crippen LogP contribution is 2.26. The molecule has 3 amide bonds. The van der Waals surface area contributed by atoms with Crippen LogP contribution in [0.4, 0.5) is 0 Å². The molecule has 1 aliphatic rings. The number of carbonyl (C=O) groups is 4. The minimum absolute atomic E-state index is 0. The van der Waals surface area contributed by atoms with E-state index in [1.165, 1.54) is 16.7 Å². The van der Waals surface area contributed by atoms with Crippen LogP contribution >= 0.6 is 11.8 Å². The van der Waals surface area contributed by atoms with Gasteiger partial charge in [-0.1, -0.05) is 20.8 Å². The van der Waals surface area contributed by atoms with Crippen LogP contribution in [0.15, 0.2) is 0 Å². The monoisotopic (exact) mass is 330 g/mol. The first-order valence-corrected chi connectivity index (χ1v) is 8.64. The fourth-order valence-electron chi connectivity index (χ4n) is 2.04. The quantitative estimate of drug-likeness (QED) is 0.643. The van der Waals surface area contributed by atoms with Crippen LogP contribution < -0.4 is 5.32 Å². The lowest BCUT2D eigenvalue weighted by molar-refractivity contribution is -0.138. The van der Waals surface area contributed by atoms with Crippen molar-refractivity contribution in [1.29, 1.82) is 0 Å². The molecule has 0 saturated carbocycles. The summed E-state index contributed by atoms with van der Waals surface area (Å²) in [6, 6.07) is 0. The molecule has 0 bridgehead atoms. The van der Waals surface area contributed by atoms with E-state index in [1.54, 1.807) is 6.92 Å². The Morgan fingerprint density at radius 2 is 2.09 bits per heavy atom. The number of hydrogen-bond acceptors (Lipinski definition) is 5. The average molecular weight is 330 g/mol. The lowest BCUT2D eigenvalue weighted by Gasteiger charge is -2.16. The van der Waals surface area contributed by atoms with Crippen molar-refractivity contribution >= 4 is 35.3 Å². The van der Waals surface area contributed by atoms with Crippen molar-refractivity contribution in [1.82, 2.24) is 10.2 Å². The predicted molar refractivity (Wildman–Crippen MR) is 87.5 cm³/mol. The summed E-state index contributed by atoms with van der Waals surface area (Å²) in [4.78, 5) is 47.9. The van der Waals surface area contributed by atoms with Crippen molar-refractivity contribution in [3.63, 3.8) is 0 Å². The Morgan fingerprint density at radius 3 is 2.68 bits per heavy atom. The molecule has 1 heterocycles. The van der Waals surface area contributed by atoms with Crippen LogP contribution in [0.25, 0.3) is 0 Å². The van der Waals surface area contributed by atoms with Gasteiger partial charge in [-0.2, -0.15) is 0 Å². The van der Waals surface area contributed by atoms with Crippen molar-refractivity contribution < 1.29 is 20.6 Å². The SMILES string of the molecule is CCC(=O)CNC(=O)CCSC1CC(=O)N(CC(C)C)C1=O.[HH]. The van der Waals surface area contributed by atoms with Gasteiger partial charge in [0.15, 0.2) is 5.78 Å². The molecule has 1 rings (SSSR count). The van der Waals surface area contributed by atoms with Crippen LogP contribution in [0.2, 0.25) is 0 Å². The standard InChI is InChI=1S/C15H24N2O4S.H2/c1-4-11(18)8-16-13(19)5-6-22-12-7-14(20)17(15(12)21)9-10(2)3;/h10,12H,4-9H2,1-3H3,(H,16,19);1H. The highest BCUT2D eigenvalue weighted by Gasteiger charge is 2.38. The number of amides is 3. The maximum absolute atomic E-state index is 12.1. The number of Topliss-reactive ketones (excluding diaryl/α,β-unsaturated/α-hetero) is 1. The van der Waals surface area contributed by atoms with Gasteiger partial charge in [-0.25, -0.2) is 0 Å². The Balaban J connectivity index is 0.00000484. The number of rotatable bonds is 9. The van der Waals surface area contributed by atoms with Gasteiger partial charge in [0.25, 0.3) is 0 Å². The van der Waals surface area contributed by atoms with Crippen LogP contribution in [0.5, 0.6) is 0 Å². The molecule has 22 heavy (non-hydrogen) atoms. The summed E-state index contributed by atoms with van der Waals surface area (Å²) in [6.45, 7) is 6.18. The zero-order valence-electron chi connectivity index (χ0n) is 13.4. The Bertz CT molecular complexity index is 457. The summed E-state index contributed by atoms with van der Waals surface area (Å²) in [5.74, 6) is 0.218. The average Bonchev–Trinajstić information content (AvgIpc) is 2.72. The number of ketones is 1. The summed E-state index contributed by atoms with van der Waals surface area (Å²) in [5, 5.41) is 2.17. The second-order valence-electron chi connectivity index (χ2n) is 5.72. The van der Waals surface area contributed by atoms with E-state index in [4.69, 9.17) is 0 Å². The minimum Gasteiger partial charge on any atom is -0.349 e. The molecule has 0 aliphatic carbocycles. The molecule has 1 atom stereocenters. The van der Waals surface area contributed by atoms with Gasteiger partial charge in [0.1, 0.15) is 0 Å². The van der Waals surface area contributed by atoms with Gasteiger partial charge in [-0.3, -0.25) is 24.1 Å². The molecule has 1 fully saturated rings. The van der Waals surface area contributed by atoms with E-state index in [9.17, 15) is 19.2 Å². The summed E-state index contributed by atoms with van der Waals surface area (Å²) >= 11 is 1.34.